The molecule has 0 saturated heterocycles. The van der Waals surface area contributed by atoms with Gasteiger partial charge in [-0.2, -0.15) is 0 Å². The molecule has 0 spiro atoms. The Balaban J connectivity index is 1.92. The first-order valence-electron chi connectivity index (χ1n) is 6.66. The number of halogens is 3. The fraction of sp³-hybridized carbons (Fsp3) is 0.250. The van der Waals surface area contributed by atoms with Crippen molar-refractivity contribution in [1.29, 1.82) is 0 Å². The molecule has 1 N–H and O–H groups in total. The second-order valence-electron chi connectivity index (χ2n) is 5.04. The number of hydrogen-bond donors (Lipinski definition) is 1. The van der Waals surface area contributed by atoms with E-state index in [-0.39, 0.29) is 11.7 Å². The van der Waals surface area contributed by atoms with Gasteiger partial charge in [0.05, 0.1) is 13.2 Å². The van der Waals surface area contributed by atoms with Crippen LogP contribution in [0.25, 0.3) is 0 Å². The SMILES string of the molecule is COc1ccc2c(c1)C(Nc1c(F)cc(F)cc1F)CC2. The summed E-state index contributed by atoms with van der Waals surface area (Å²) in [6, 6.07) is 6.80. The fourth-order valence-electron chi connectivity index (χ4n) is 2.71. The average Bonchev–Trinajstić information content (AvgIpc) is 2.84. The number of anilines is 1. The van der Waals surface area contributed by atoms with Crippen molar-refractivity contribution in [3.8, 4) is 5.75 Å². The topological polar surface area (TPSA) is 21.3 Å². The highest BCUT2D eigenvalue weighted by Gasteiger charge is 2.25. The summed E-state index contributed by atoms with van der Waals surface area (Å²) in [5.74, 6) is -2.08. The summed E-state index contributed by atoms with van der Waals surface area (Å²) in [4.78, 5) is 0. The van der Waals surface area contributed by atoms with Gasteiger partial charge in [0.25, 0.3) is 0 Å². The van der Waals surface area contributed by atoms with Crippen molar-refractivity contribution in [3.05, 3.63) is 58.9 Å². The van der Waals surface area contributed by atoms with Gasteiger partial charge in [-0.3, -0.25) is 0 Å². The third-order valence-corrected chi connectivity index (χ3v) is 3.76. The smallest absolute Gasteiger partial charge is 0.152 e. The van der Waals surface area contributed by atoms with Crippen LogP contribution >= 0.6 is 0 Å². The van der Waals surface area contributed by atoms with Crippen LogP contribution in [0.3, 0.4) is 0 Å². The lowest BCUT2D eigenvalue weighted by Gasteiger charge is -2.17. The number of rotatable bonds is 3. The van der Waals surface area contributed by atoms with Gasteiger partial charge in [-0.25, -0.2) is 13.2 Å². The van der Waals surface area contributed by atoms with Gasteiger partial charge in [-0.1, -0.05) is 6.07 Å². The summed E-state index contributed by atoms with van der Waals surface area (Å²) >= 11 is 0. The van der Waals surface area contributed by atoms with Crippen molar-refractivity contribution in [3.63, 3.8) is 0 Å². The van der Waals surface area contributed by atoms with Gasteiger partial charge >= 0.3 is 0 Å². The van der Waals surface area contributed by atoms with Crippen molar-refractivity contribution in [2.75, 3.05) is 12.4 Å². The van der Waals surface area contributed by atoms with Crippen LogP contribution in [0.15, 0.2) is 30.3 Å². The molecular weight excluding hydrogens is 279 g/mol. The molecule has 0 aromatic heterocycles. The maximum atomic E-state index is 13.7. The molecule has 3 rings (SSSR count). The van der Waals surface area contributed by atoms with E-state index in [0.717, 1.165) is 24.0 Å². The van der Waals surface area contributed by atoms with E-state index < -0.39 is 17.5 Å². The van der Waals surface area contributed by atoms with Crippen molar-refractivity contribution < 1.29 is 17.9 Å². The van der Waals surface area contributed by atoms with E-state index in [2.05, 4.69) is 5.32 Å². The van der Waals surface area contributed by atoms with Crippen molar-refractivity contribution in [2.24, 2.45) is 0 Å². The predicted octanol–water partition coefficient (Wildman–Crippen LogP) is 4.21. The monoisotopic (exact) mass is 293 g/mol. The van der Waals surface area contributed by atoms with Crippen molar-refractivity contribution in [1.82, 2.24) is 0 Å². The van der Waals surface area contributed by atoms with E-state index in [0.29, 0.717) is 17.9 Å². The molecule has 0 amide bonds. The van der Waals surface area contributed by atoms with Crippen LogP contribution < -0.4 is 10.1 Å². The molecule has 0 bridgehead atoms. The molecule has 110 valence electrons. The van der Waals surface area contributed by atoms with E-state index in [4.69, 9.17) is 4.74 Å². The quantitative estimate of drug-likeness (QED) is 0.915. The Morgan fingerprint density at radius 2 is 1.81 bits per heavy atom. The number of hydrogen-bond acceptors (Lipinski definition) is 2. The average molecular weight is 293 g/mol. The minimum Gasteiger partial charge on any atom is -0.497 e. The largest absolute Gasteiger partial charge is 0.497 e. The normalized spacial score (nSPS) is 16.7. The van der Waals surface area contributed by atoms with E-state index in [1.54, 1.807) is 7.11 Å². The van der Waals surface area contributed by atoms with Gasteiger partial charge in [0.2, 0.25) is 0 Å². The maximum absolute atomic E-state index is 13.7. The highest BCUT2D eigenvalue weighted by atomic mass is 19.1. The third kappa shape index (κ3) is 2.55. The molecule has 0 radical (unpaired) electrons. The van der Waals surface area contributed by atoms with E-state index in [1.807, 2.05) is 18.2 Å². The summed E-state index contributed by atoms with van der Waals surface area (Å²) in [5.41, 5.74) is 1.78. The lowest BCUT2D eigenvalue weighted by molar-refractivity contribution is 0.414. The Morgan fingerprint density at radius 3 is 2.48 bits per heavy atom. The van der Waals surface area contributed by atoms with Crippen LogP contribution in [0.4, 0.5) is 18.9 Å². The lowest BCUT2D eigenvalue weighted by atomic mass is 10.1. The molecule has 2 aromatic carbocycles. The van der Waals surface area contributed by atoms with Crippen molar-refractivity contribution in [2.45, 2.75) is 18.9 Å². The molecule has 1 unspecified atom stereocenters. The molecule has 1 aliphatic rings. The zero-order valence-corrected chi connectivity index (χ0v) is 11.4. The van der Waals surface area contributed by atoms with E-state index in [1.165, 1.54) is 0 Å². The number of ether oxygens (including phenoxy) is 1. The van der Waals surface area contributed by atoms with Gasteiger partial charge in [-0.15, -0.1) is 0 Å². The number of aryl methyl sites for hydroxylation is 1. The van der Waals surface area contributed by atoms with Crippen LogP contribution in [-0.2, 0) is 6.42 Å². The zero-order valence-electron chi connectivity index (χ0n) is 11.4. The minimum atomic E-state index is -0.927. The van der Waals surface area contributed by atoms with Gasteiger partial charge in [0, 0.05) is 12.1 Å². The van der Waals surface area contributed by atoms with E-state index >= 15 is 0 Å². The van der Waals surface area contributed by atoms with Crippen LogP contribution in [0.2, 0.25) is 0 Å². The second kappa shape index (κ2) is 5.31. The molecule has 2 nitrogen and oxygen atoms in total. The molecule has 0 aliphatic heterocycles. The first-order chi connectivity index (χ1) is 10.1. The second-order valence-corrected chi connectivity index (χ2v) is 5.04. The Kier molecular flexibility index (Phi) is 3.49. The fourth-order valence-corrected chi connectivity index (χ4v) is 2.71. The Morgan fingerprint density at radius 1 is 1.10 bits per heavy atom. The number of nitrogens with one attached hydrogen (secondary N) is 1. The van der Waals surface area contributed by atoms with Crippen LogP contribution in [0, 0.1) is 17.5 Å². The number of fused-ring (bicyclic) bond motifs is 1. The third-order valence-electron chi connectivity index (χ3n) is 3.76. The van der Waals surface area contributed by atoms with Gasteiger partial charge in [0.15, 0.2) is 11.6 Å². The highest BCUT2D eigenvalue weighted by molar-refractivity contribution is 5.51. The molecule has 2 aromatic rings. The first-order valence-corrected chi connectivity index (χ1v) is 6.66. The van der Waals surface area contributed by atoms with Crippen LogP contribution in [0.1, 0.15) is 23.6 Å². The molecular formula is C16H14F3NO. The Hall–Kier alpha value is -2.17. The first kappa shape index (κ1) is 13.8. The Labute approximate surface area is 120 Å². The molecule has 0 heterocycles. The van der Waals surface area contributed by atoms with Crippen molar-refractivity contribution >= 4 is 5.69 Å². The molecule has 0 saturated carbocycles. The standard InChI is InChI=1S/C16H14F3NO/c1-21-11-4-2-9-3-5-15(12(9)8-11)20-16-13(18)6-10(17)7-14(16)19/h2,4,6-8,15,20H,3,5H2,1H3. The van der Waals surface area contributed by atoms with Crippen LogP contribution in [-0.4, -0.2) is 7.11 Å². The molecule has 5 heteroatoms. The molecule has 1 atom stereocenters. The predicted molar refractivity (Wildman–Crippen MR) is 74.0 cm³/mol. The van der Waals surface area contributed by atoms with E-state index in [9.17, 15) is 13.2 Å². The minimum absolute atomic E-state index is 0.218. The van der Waals surface area contributed by atoms with Crippen LogP contribution in [0.5, 0.6) is 5.75 Å². The Bertz CT molecular complexity index is 664. The molecule has 21 heavy (non-hydrogen) atoms. The summed E-state index contributed by atoms with van der Waals surface area (Å²) in [6.45, 7) is 0. The number of benzene rings is 2. The summed E-state index contributed by atoms with van der Waals surface area (Å²) in [7, 11) is 1.57. The van der Waals surface area contributed by atoms with Gasteiger partial charge in [0.1, 0.15) is 17.3 Å². The lowest BCUT2D eigenvalue weighted by Crippen LogP contribution is -2.10. The number of methoxy groups -OCH3 is 1. The summed E-state index contributed by atoms with van der Waals surface area (Å²) < 4.78 is 45.5. The highest BCUT2D eigenvalue weighted by Crippen LogP contribution is 2.37. The summed E-state index contributed by atoms with van der Waals surface area (Å²) in [5, 5.41) is 2.84. The summed E-state index contributed by atoms with van der Waals surface area (Å²) in [6.07, 6.45) is 1.54. The van der Waals surface area contributed by atoms with Gasteiger partial charge in [-0.05, 0) is 36.1 Å². The van der Waals surface area contributed by atoms with Gasteiger partial charge < -0.3 is 10.1 Å². The molecule has 0 fully saturated rings. The zero-order chi connectivity index (χ0) is 15.0. The molecule has 1 aliphatic carbocycles. The maximum Gasteiger partial charge on any atom is 0.152 e.